The Balaban J connectivity index is 2.21. The molecule has 0 bridgehead atoms. The van der Waals surface area contributed by atoms with Gasteiger partial charge in [-0.25, -0.2) is 14.4 Å². The molecule has 3 N–H and O–H groups in total. The number of alkyl carbamates (subject to hydrolysis) is 1. The van der Waals surface area contributed by atoms with Crippen LogP contribution in [0.4, 0.5) is 4.79 Å². The molecule has 2 rings (SSSR count). The Bertz CT molecular complexity index is 1250. The topological polar surface area (TPSA) is 169 Å². The first kappa shape index (κ1) is 39.8. The summed E-state index contributed by atoms with van der Waals surface area (Å²) in [6.45, 7) is 9.60. The second kappa shape index (κ2) is 20.7. The molecule has 1 unspecified atom stereocenters. The number of amides is 4. The van der Waals surface area contributed by atoms with Crippen LogP contribution in [0.25, 0.3) is 0 Å². The lowest BCUT2D eigenvalue weighted by molar-refractivity contribution is -0.149. The Morgan fingerprint density at radius 1 is 0.938 bits per heavy atom. The molecule has 1 aliphatic heterocycles. The van der Waals surface area contributed by atoms with Gasteiger partial charge in [-0.2, -0.15) is 0 Å². The van der Waals surface area contributed by atoms with Crippen molar-refractivity contribution in [3.63, 3.8) is 0 Å². The summed E-state index contributed by atoms with van der Waals surface area (Å²) >= 11 is 0. The molecule has 0 saturated carbocycles. The standard InChI is InChI=1S/C35H52N4O9/c1-7-47-29(40)19-12-11-17-26(37-35(45)48-22-25-15-9-8-10-16-25)31(41)38-30(24(4)5)33(43)39-20-14-13-18-28(39)32(42)36-27(21-23(2)3)34(44)46-6/h8-10,12,15-16,19,23-24,26-28,30H,7,11,13-14,17-18,20-22H2,1-6H3,(H,36,42)(H,37,45)(H,38,41)/b19-12+/t26-,27-,28?,30-/m0/s1. The first-order valence-electron chi connectivity index (χ1n) is 16.7. The number of benzene rings is 1. The highest BCUT2D eigenvalue weighted by molar-refractivity contribution is 5.95. The van der Waals surface area contributed by atoms with Crippen molar-refractivity contribution in [1.82, 2.24) is 20.9 Å². The van der Waals surface area contributed by atoms with Gasteiger partial charge in [0, 0.05) is 12.6 Å². The molecule has 13 nitrogen and oxygen atoms in total. The Morgan fingerprint density at radius 2 is 1.65 bits per heavy atom. The summed E-state index contributed by atoms with van der Waals surface area (Å²) in [5.74, 6) is -2.87. The average molecular weight is 673 g/mol. The fourth-order valence-electron chi connectivity index (χ4n) is 5.32. The predicted molar refractivity (Wildman–Crippen MR) is 178 cm³/mol. The highest BCUT2D eigenvalue weighted by atomic mass is 16.5. The zero-order chi connectivity index (χ0) is 35.6. The molecule has 0 aliphatic carbocycles. The van der Waals surface area contributed by atoms with Gasteiger partial charge in [0.05, 0.1) is 13.7 Å². The van der Waals surface area contributed by atoms with Gasteiger partial charge in [-0.1, -0.05) is 64.1 Å². The van der Waals surface area contributed by atoms with Gasteiger partial charge in [0.15, 0.2) is 0 Å². The molecular weight excluding hydrogens is 620 g/mol. The van der Waals surface area contributed by atoms with E-state index in [9.17, 15) is 28.8 Å². The third-order valence-corrected chi connectivity index (χ3v) is 7.81. The van der Waals surface area contributed by atoms with E-state index in [2.05, 4.69) is 16.0 Å². The lowest BCUT2D eigenvalue weighted by Crippen LogP contribution is -2.61. The molecule has 1 fully saturated rings. The maximum Gasteiger partial charge on any atom is 0.408 e. The van der Waals surface area contributed by atoms with Crippen molar-refractivity contribution in [2.24, 2.45) is 11.8 Å². The second-order valence-electron chi connectivity index (χ2n) is 12.5. The summed E-state index contributed by atoms with van der Waals surface area (Å²) in [4.78, 5) is 79.4. The number of hydrogen-bond donors (Lipinski definition) is 3. The van der Waals surface area contributed by atoms with E-state index < -0.39 is 59.9 Å². The molecule has 1 aliphatic rings. The molecule has 0 radical (unpaired) electrons. The molecule has 1 saturated heterocycles. The number of rotatable bonds is 17. The number of nitrogens with one attached hydrogen (secondary N) is 3. The number of carbonyl (C=O) groups is 6. The Hall–Kier alpha value is -4.42. The Morgan fingerprint density at radius 3 is 2.27 bits per heavy atom. The van der Waals surface area contributed by atoms with Crippen LogP contribution >= 0.6 is 0 Å². The van der Waals surface area contributed by atoms with Crippen LogP contribution < -0.4 is 16.0 Å². The third-order valence-electron chi connectivity index (χ3n) is 7.81. The second-order valence-corrected chi connectivity index (χ2v) is 12.5. The minimum atomic E-state index is -1.11. The van der Waals surface area contributed by atoms with Crippen LogP contribution in [0, 0.1) is 11.8 Å². The van der Waals surface area contributed by atoms with Gasteiger partial charge in [-0.15, -0.1) is 0 Å². The largest absolute Gasteiger partial charge is 0.467 e. The number of carbonyl (C=O) groups excluding carboxylic acids is 6. The minimum Gasteiger partial charge on any atom is -0.467 e. The number of likely N-dealkylation sites (tertiary alicyclic amines) is 1. The normalized spacial score (nSPS) is 16.5. The summed E-state index contributed by atoms with van der Waals surface area (Å²) < 4.78 is 15.1. The van der Waals surface area contributed by atoms with Crippen molar-refractivity contribution < 1.29 is 43.0 Å². The number of esters is 2. The highest BCUT2D eigenvalue weighted by Crippen LogP contribution is 2.21. The molecule has 0 spiro atoms. The van der Waals surface area contributed by atoms with Crippen LogP contribution in [-0.4, -0.2) is 85.1 Å². The van der Waals surface area contributed by atoms with E-state index in [1.165, 1.54) is 24.2 Å². The maximum atomic E-state index is 14.0. The van der Waals surface area contributed by atoms with E-state index in [-0.39, 0.29) is 37.9 Å². The van der Waals surface area contributed by atoms with E-state index in [4.69, 9.17) is 14.2 Å². The highest BCUT2D eigenvalue weighted by Gasteiger charge is 2.39. The van der Waals surface area contributed by atoms with Crippen LogP contribution in [0.15, 0.2) is 42.5 Å². The van der Waals surface area contributed by atoms with E-state index in [1.54, 1.807) is 32.9 Å². The fourth-order valence-corrected chi connectivity index (χ4v) is 5.32. The summed E-state index contributed by atoms with van der Waals surface area (Å²) in [7, 11) is 1.26. The lowest BCUT2D eigenvalue weighted by Gasteiger charge is -2.38. The van der Waals surface area contributed by atoms with E-state index in [0.717, 1.165) is 5.56 Å². The molecular formula is C35H52N4O9. The summed E-state index contributed by atoms with van der Waals surface area (Å²) in [6.07, 6.45) is 4.46. The number of piperidine rings is 1. The number of methoxy groups -OCH3 is 1. The van der Waals surface area contributed by atoms with Gasteiger partial charge in [-0.3, -0.25) is 14.4 Å². The van der Waals surface area contributed by atoms with Crippen LogP contribution in [0.1, 0.15) is 78.7 Å². The van der Waals surface area contributed by atoms with Crippen molar-refractivity contribution in [2.45, 2.75) is 104 Å². The van der Waals surface area contributed by atoms with E-state index >= 15 is 0 Å². The molecule has 1 aromatic rings. The smallest absolute Gasteiger partial charge is 0.408 e. The van der Waals surface area contributed by atoms with Crippen LogP contribution in [0.5, 0.6) is 0 Å². The van der Waals surface area contributed by atoms with Gasteiger partial charge in [0.2, 0.25) is 17.7 Å². The number of nitrogens with zero attached hydrogens (tertiary/aromatic N) is 1. The molecule has 1 heterocycles. The molecule has 48 heavy (non-hydrogen) atoms. The summed E-state index contributed by atoms with van der Waals surface area (Å²) in [5.41, 5.74) is 0.763. The van der Waals surface area contributed by atoms with Crippen molar-refractivity contribution >= 4 is 35.8 Å². The first-order chi connectivity index (χ1) is 22.9. The van der Waals surface area contributed by atoms with Gasteiger partial charge in [-0.05, 0) is 62.8 Å². The quantitative estimate of drug-likeness (QED) is 0.128. The minimum absolute atomic E-state index is 0.0106. The maximum absolute atomic E-state index is 14.0. The van der Waals surface area contributed by atoms with Gasteiger partial charge < -0.3 is 35.1 Å². The van der Waals surface area contributed by atoms with Gasteiger partial charge >= 0.3 is 18.0 Å². The van der Waals surface area contributed by atoms with Crippen molar-refractivity contribution in [2.75, 3.05) is 20.3 Å². The SMILES string of the molecule is CCOC(=O)/C=C/CC[C@H](NC(=O)OCc1ccccc1)C(=O)N[C@H](C(=O)N1CCCCC1C(=O)N[C@@H](CC(C)C)C(=O)OC)C(C)C. The van der Waals surface area contributed by atoms with E-state index in [0.29, 0.717) is 32.2 Å². The Kier molecular flexibility index (Phi) is 17.2. The fraction of sp³-hybridized carbons (Fsp3) is 0.600. The predicted octanol–water partition coefficient (Wildman–Crippen LogP) is 3.41. The van der Waals surface area contributed by atoms with Gasteiger partial charge in [0.25, 0.3) is 0 Å². The molecule has 266 valence electrons. The molecule has 0 aromatic heterocycles. The Labute approximate surface area is 283 Å². The average Bonchev–Trinajstić information content (AvgIpc) is 3.06. The van der Waals surface area contributed by atoms with Crippen LogP contribution in [0.3, 0.4) is 0 Å². The monoisotopic (exact) mass is 672 g/mol. The molecule has 13 heteroatoms. The summed E-state index contributed by atoms with van der Waals surface area (Å²) in [5, 5.41) is 8.16. The van der Waals surface area contributed by atoms with Gasteiger partial charge in [0.1, 0.15) is 30.8 Å². The van der Waals surface area contributed by atoms with Crippen molar-refractivity contribution in [1.29, 1.82) is 0 Å². The zero-order valence-electron chi connectivity index (χ0n) is 29.0. The third kappa shape index (κ3) is 13.4. The van der Waals surface area contributed by atoms with Crippen molar-refractivity contribution in [3.05, 3.63) is 48.0 Å². The molecule has 1 aromatic carbocycles. The first-order valence-corrected chi connectivity index (χ1v) is 16.7. The van der Waals surface area contributed by atoms with Crippen LogP contribution in [-0.2, 0) is 44.8 Å². The van der Waals surface area contributed by atoms with E-state index in [1.807, 2.05) is 32.0 Å². The van der Waals surface area contributed by atoms with Crippen molar-refractivity contribution in [3.8, 4) is 0 Å². The molecule has 4 atom stereocenters. The van der Waals surface area contributed by atoms with Crippen LogP contribution in [0.2, 0.25) is 0 Å². The number of hydrogen-bond acceptors (Lipinski definition) is 9. The zero-order valence-corrected chi connectivity index (χ0v) is 29.0. The molecule has 4 amide bonds. The number of allylic oxidation sites excluding steroid dienone is 1. The summed E-state index contributed by atoms with van der Waals surface area (Å²) in [6, 6.07) is 5.24. The lowest BCUT2D eigenvalue weighted by atomic mass is 9.95. The number of ether oxygens (including phenoxy) is 3.